The molecule has 0 spiro atoms. The van der Waals surface area contributed by atoms with Crippen LogP contribution in [0.4, 0.5) is 0 Å². The Labute approximate surface area is 241 Å². The molecule has 0 radical (unpaired) electrons. The molecule has 12 heteroatoms. The van der Waals surface area contributed by atoms with Gasteiger partial charge in [0.25, 0.3) is 0 Å². The van der Waals surface area contributed by atoms with Crippen molar-refractivity contribution in [2.45, 2.75) is 47.1 Å². The summed E-state index contributed by atoms with van der Waals surface area (Å²) < 4.78 is 49.4. The third-order valence-corrected chi connectivity index (χ3v) is 4.82. The molecule has 0 bridgehead atoms. The molecule has 0 rings (SSSR count). The van der Waals surface area contributed by atoms with Crippen molar-refractivity contribution in [3.63, 3.8) is 0 Å². The molecule has 228 valence electrons. The molecule has 0 saturated carbocycles. The van der Waals surface area contributed by atoms with Gasteiger partial charge in [-0.15, -0.1) is 0 Å². The molecule has 38 heavy (non-hydrogen) atoms. The zero-order valence-electron chi connectivity index (χ0n) is 24.5. The average Bonchev–Trinajstić information content (AvgIpc) is 2.87. The number of ether oxygens (including phenoxy) is 9. The third-order valence-electron chi connectivity index (χ3n) is 3.88. The standard InChI is InChI=1S/C24H47NO10.C2H6.W/c1-5-27-10-11-30-16-17-31-14-12-28-8-6-25-7-9-29-13-15-32-18-19-33-20-21-34-22-23(26)35-24(2,3)4;1-2;/h25H,5,7-22H2,1-4H3;1-2H3;. The van der Waals surface area contributed by atoms with Gasteiger partial charge in [0.15, 0.2) is 0 Å². The summed E-state index contributed by atoms with van der Waals surface area (Å²) in [6.07, 6.45) is 0. The number of carbonyl (C=O) groups excluding carboxylic acids is 1. The molecule has 0 amide bonds. The maximum absolute atomic E-state index is 11.5. The van der Waals surface area contributed by atoms with Crippen molar-refractivity contribution in [1.29, 1.82) is 0 Å². The van der Waals surface area contributed by atoms with Crippen LogP contribution in [0.25, 0.3) is 0 Å². The Morgan fingerprint density at radius 3 is 1.39 bits per heavy atom. The van der Waals surface area contributed by atoms with Crippen molar-refractivity contribution < 1.29 is 66.8 Å². The Morgan fingerprint density at radius 2 is 0.974 bits per heavy atom. The van der Waals surface area contributed by atoms with E-state index in [1.165, 1.54) is 19.4 Å². The molecule has 0 heterocycles. The van der Waals surface area contributed by atoms with Gasteiger partial charge in [-0.3, -0.25) is 0 Å². The number of hydrogen-bond acceptors (Lipinski definition) is 11. The van der Waals surface area contributed by atoms with Crippen molar-refractivity contribution in [3.8, 4) is 0 Å². The number of nitrogens with one attached hydrogen (secondary N) is 1. The normalized spacial score (nSPS) is 11.2. The van der Waals surface area contributed by atoms with Gasteiger partial charge in [0.05, 0.1) is 6.61 Å². The van der Waals surface area contributed by atoms with Gasteiger partial charge in [-0.2, -0.15) is 0 Å². The molecule has 0 saturated heterocycles. The quantitative estimate of drug-likeness (QED) is 0.0990. The summed E-state index contributed by atoms with van der Waals surface area (Å²) in [7, 11) is 0. The molecule has 1 N–H and O–H groups in total. The first-order chi connectivity index (χ1) is 18.3. The topological polar surface area (TPSA) is 112 Å². The second-order valence-electron chi connectivity index (χ2n) is 8.30. The van der Waals surface area contributed by atoms with Gasteiger partial charge >= 0.3 is 160 Å². The summed E-state index contributed by atoms with van der Waals surface area (Å²) in [5, 5.41) is 3.30. The predicted molar refractivity (Wildman–Crippen MR) is 142 cm³/mol. The molecule has 0 aliphatic rings. The average molecular weight is 724 g/mol. The van der Waals surface area contributed by atoms with E-state index in [1.807, 2.05) is 41.5 Å². The zero-order chi connectivity index (χ0) is 28.7. The number of esters is 1. The summed E-state index contributed by atoms with van der Waals surface area (Å²) in [6.45, 7) is 20.1. The van der Waals surface area contributed by atoms with E-state index in [-0.39, 0.29) is 12.6 Å². The number of carbonyl (C=O) groups is 1. The fourth-order valence-electron chi connectivity index (χ4n) is 2.37. The summed E-state index contributed by atoms with van der Waals surface area (Å²) in [5.41, 5.74) is -0.501. The van der Waals surface area contributed by atoms with Crippen molar-refractivity contribution in [2.75, 3.05) is 112 Å². The van der Waals surface area contributed by atoms with Gasteiger partial charge in [0, 0.05) is 6.61 Å². The van der Waals surface area contributed by atoms with Crippen LogP contribution in [0.1, 0.15) is 41.5 Å². The van der Waals surface area contributed by atoms with E-state index in [4.69, 9.17) is 42.6 Å². The van der Waals surface area contributed by atoms with Crippen LogP contribution in [0.3, 0.4) is 0 Å². The minimum Gasteiger partial charge on any atom is -0.458 e. The van der Waals surface area contributed by atoms with Crippen molar-refractivity contribution in [2.24, 2.45) is 0 Å². The van der Waals surface area contributed by atoms with Crippen molar-refractivity contribution in [3.05, 3.63) is 0 Å². The zero-order valence-corrected chi connectivity index (χ0v) is 27.4. The minimum atomic E-state index is -0.501. The van der Waals surface area contributed by atoms with Crippen LogP contribution in [0.5, 0.6) is 0 Å². The Morgan fingerprint density at radius 1 is 0.605 bits per heavy atom. The SMILES string of the molecule is CC.CCOCCOCCOCCOC[C](=[W])NCCOCCOCCOCCOCC(=O)OC(C)(C)C. The second-order valence-corrected chi connectivity index (χ2v) is 10.1. The summed E-state index contributed by atoms with van der Waals surface area (Å²) in [5.74, 6) is -0.378. The van der Waals surface area contributed by atoms with E-state index in [2.05, 4.69) is 5.32 Å². The van der Waals surface area contributed by atoms with Crippen molar-refractivity contribution >= 4 is 9.99 Å². The first-order valence-corrected chi connectivity index (χ1v) is 14.9. The molecule has 0 atom stereocenters. The summed E-state index contributed by atoms with van der Waals surface area (Å²) in [4.78, 5) is 11.5. The van der Waals surface area contributed by atoms with E-state index in [9.17, 15) is 4.79 Å². The van der Waals surface area contributed by atoms with Crippen molar-refractivity contribution in [1.82, 2.24) is 5.32 Å². The third kappa shape index (κ3) is 35.7. The van der Waals surface area contributed by atoms with Gasteiger partial charge in [0.2, 0.25) is 0 Å². The molecular formula is C26H53NO10W. The molecule has 0 aromatic heterocycles. The molecule has 0 unspecified atom stereocenters. The summed E-state index contributed by atoms with van der Waals surface area (Å²) >= 11 is 1.34. The smallest absolute Gasteiger partial charge is 0.458 e. The van der Waals surface area contributed by atoms with Crippen LogP contribution in [-0.4, -0.2) is 128 Å². The Kier molecular flexibility index (Phi) is 32.7. The van der Waals surface area contributed by atoms with Gasteiger partial charge in [-0.25, -0.2) is 4.79 Å². The van der Waals surface area contributed by atoms with Gasteiger partial charge in [0.1, 0.15) is 12.2 Å². The predicted octanol–water partition coefficient (Wildman–Crippen LogP) is 1.77. The maximum atomic E-state index is 11.5. The molecule has 0 aromatic carbocycles. The van der Waals surface area contributed by atoms with Gasteiger partial charge in [-0.05, 0) is 27.7 Å². The van der Waals surface area contributed by atoms with Crippen LogP contribution < -0.4 is 5.32 Å². The Balaban J connectivity index is 0. The monoisotopic (exact) mass is 723 g/mol. The fourth-order valence-corrected chi connectivity index (χ4v) is 3.03. The van der Waals surface area contributed by atoms with E-state index < -0.39 is 5.60 Å². The number of hydrogen-bond donors (Lipinski definition) is 1. The second kappa shape index (κ2) is 31.2. The first-order valence-electron chi connectivity index (χ1n) is 13.5. The van der Waals surface area contributed by atoms with E-state index in [0.717, 1.165) is 10.6 Å². The van der Waals surface area contributed by atoms with E-state index >= 15 is 0 Å². The molecule has 0 aliphatic carbocycles. The van der Waals surface area contributed by atoms with E-state index in [1.54, 1.807) is 0 Å². The van der Waals surface area contributed by atoms with Gasteiger partial charge < -0.3 is 9.47 Å². The van der Waals surface area contributed by atoms with Crippen LogP contribution in [0.15, 0.2) is 0 Å². The molecule has 0 fully saturated rings. The number of rotatable bonds is 27. The van der Waals surface area contributed by atoms with E-state index in [0.29, 0.717) is 99.1 Å². The van der Waals surface area contributed by atoms with Crippen LogP contribution in [0, 0.1) is 0 Å². The molecule has 0 aliphatic heterocycles. The van der Waals surface area contributed by atoms with Crippen LogP contribution in [0.2, 0.25) is 0 Å². The molecule has 0 aromatic rings. The molecular weight excluding hydrogens is 670 g/mol. The van der Waals surface area contributed by atoms with Crippen LogP contribution in [-0.2, 0) is 66.8 Å². The Hall–Kier alpha value is -0.332. The minimum absolute atomic E-state index is 0.0729. The summed E-state index contributed by atoms with van der Waals surface area (Å²) in [6, 6.07) is 0. The van der Waals surface area contributed by atoms with Gasteiger partial charge in [-0.1, -0.05) is 13.8 Å². The fraction of sp³-hybridized carbons (Fsp3) is 0.923. The first kappa shape index (κ1) is 39.8. The molecule has 11 nitrogen and oxygen atoms in total. The Bertz CT molecular complexity index is 521. The van der Waals surface area contributed by atoms with Crippen LogP contribution >= 0.6 is 0 Å².